The summed E-state index contributed by atoms with van der Waals surface area (Å²) < 4.78 is 22.9. The molecule has 0 atom stereocenters. The summed E-state index contributed by atoms with van der Waals surface area (Å²) in [5.41, 5.74) is 3.68. The SMILES string of the molecule is Fc1ccc2c(c1)-c1ncnn1Cc1c(-c3noc(-c4ccsc4)n3)ncn1-2. The standard InChI is InChI=1S/C18H10FN7OS/c19-11-1-2-13-12(5-11)17-20-8-22-26(17)6-14-15(21-9-25(13)14)16-23-18(27-24-16)10-3-4-28-7-10/h1-5,7-9H,6H2. The molecule has 0 saturated carbocycles. The lowest BCUT2D eigenvalue weighted by Crippen LogP contribution is -2.05. The van der Waals surface area contributed by atoms with Crippen LogP contribution in [0.1, 0.15) is 5.69 Å². The van der Waals surface area contributed by atoms with Crippen LogP contribution >= 0.6 is 11.3 Å². The molecule has 0 radical (unpaired) electrons. The summed E-state index contributed by atoms with van der Waals surface area (Å²) >= 11 is 1.56. The van der Waals surface area contributed by atoms with Gasteiger partial charge in [-0.15, -0.1) is 0 Å². The Morgan fingerprint density at radius 1 is 1.18 bits per heavy atom. The highest BCUT2D eigenvalue weighted by Crippen LogP contribution is 2.34. The van der Waals surface area contributed by atoms with E-state index >= 15 is 0 Å². The minimum atomic E-state index is -0.337. The Bertz CT molecular complexity index is 1320. The Kier molecular flexibility index (Phi) is 3.12. The van der Waals surface area contributed by atoms with E-state index in [1.165, 1.54) is 18.5 Å². The molecule has 1 aromatic carbocycles. The summed E-state index contributed by atoms with van der Waals surface area (Å²) in [6, 6.07) is 6.49. The molecule has 1 aliphatic rings. The predicted molar refractivity (Wildman–Crippen MR) is 98.2 cm³/mol. The van der Waals surface area contributed by atoms with Crippen molar-refractivity contribution >= 4 is 11.3 Å². The summed E-state index contributed by atoms with van der Waals surface area (Å²) in [4.78, 5) is 13.3. The zero-order chi connectivity index (χ0) is 18.7. The summed E-state index contributed by atoms with van der Waals surface area (Å²) in [5, 5.41) is 12.3. The van der Waals surface area contributed by atoms with Gasteiger partial charge in [0.1, 0.15) is 24.2 Å². The molecule has 6 rings (SSSR count). The van der Waals surface area contributed by atoms with E-state index in [4.69, 9.17) is 4.52 Å². The molecule has 0 fully saturated rings. The van der Waals surface area contributed by atoms with Crippen molar-refractivity contribution in [3.8, 4) is 40.0 Å². The first kappa shape index (κ1) is 15.4. The summed E-state index contributed by atoms with van der Waals surface area (Å²) in [6.45, 7) is 0.392. The van der Waals surface area contributed by atoms with Crippen molar-refractivity contribution in [3.05, 3.63) is 59.2 Å². The highest BCUT2D eigenvalue weighted by molar-refractivity contribution is 7.08. The normalized spacial score (nSPS) is 12.3. The van der Waals surface area contributed by atoms with E-state index in [9.17, 15) is 4.39 Å². The van der Waals surface area contributed by atoms with Gasteiger partial charge in [0, 0.05) is 10.9 Å². The van der Waals surface area contributed by atoms with Gasteiger partial charge in [0.25, 0.3) is 5.89 Å². The van der Waals surface area contributed by atoms with Crippen LogP contribution in [0.5, 0.6) is 0 Å². The molecule has 4 aromatic heterocycles. The Hall–Kier alpha value is -3.66. The summed E-state index contributed by atoms with van der Waals surface area (Å²) in [6.07, 6.45) is 3.13. The number of hydrogen-bond donors (Lipinski definition) is 0. The zero-order valence-corrected chi connectivity index (χ0v) is 15.0. The topological polar surface area (TPSA) is 87.4 Å². The molecule has 0 N–H and O–H groups in total. The van der Waals surface area contributed by atoms with Crippen molar-refractivity contribution in [2.75, 3.05) is 0 Å². The quantitative estimate of drug-likeness (QED) is 0.450. The lowest BCUT2D eigenvalue weighted by atomic mass is 10.1. The fourth-order valence-electron chi connectivity index (χ4n) is 3.37. The number of thiophene rings is 1. The van der Waals surface area contributed by atoms with Crippen molar-refractivity contribution in [1.82, 2.24) is 34.5 Å². The second-order valence-corrected chi connectivity index (χ2v) is 7.03. The van der Waals surface area contributed by atoms with Crippen LogP contribution in [0.4, 0.5) is 4.39 Å². The van der Waals surface area contributed by atoms with E-state index < -0.39 is 0 Å². The van der Waals surface area contributed by atoms with Crippen molar-refractivity contribution in [2.24, 2.45) is 0 Å². The van der Waals surface area contributed by atoms with Crippen molar-refractivity contribution < 1.29 is 8.91 Å². The maximum absolute atomic E-state index is 13.9. The fourth-order valence-corrected chi connectivity index (χ4v) is 4.00. The largest absolute Gasteiger partial charge is 0.334 e. The maximum Gasteiger partial charge on any atom is 0.259 e. The monoisotopic (exact) mass is 391 g/mol. The fraction of sp³-hybridized carbons (Fsp3) is 0.0556. The number of imidazole rings is 1. The number of rotatable bonds is 2. The number of hydrogen-bond acceptors (Lipinski definition) is 7. The molecule has 0 aliphatic carbocycles. The smallest absolute Gasteiger partial charge is 0.259 e. The Labute approximate surface area is 160 Å². The lowest BCUT2D eigenvalue weighted by molar-refractivity contribution is 0.432. The Morgan fingerprint density at radius 3 is 3.04 bits per heavy atom. The van der Waals surface area contributed by atoms with E-state index in [-0.39, 0.29) is 5.82 Å². The van der Waals surface area contributed by atoms with Gasteiger partial charge in [0.05, 0.1) is 23.5 Å². The zero-order valence-electron chi connectivity index (χ0n) is 14.2. The van der Waals surface area contributed by atoms with Crippen molar-refractivity contribution in [3.63, 3.8) is 0 Å². The van der Waals surface area contributed by atoms with Gasteiger partial charge in [-0.1, -0.05) is 5.16 Å². The Balaban J connectivity index is 1.55. The van der Waals surface area contributed by atoms with E-state index in [1.807, 2.05) is 21.4 Å². The van der Waals surface area contributed by atoms with Crippen LogP contribution in [0.3, 0.4) is 0 Å². The van der Waals surface area contributed by atoms with E-state index in [1.54, 1.807) is 28.4 Å². The van der Waals surface area contributed by atoms with Crippen LogP contribution in [-0.4, -0.2) is 34.5 Å². The third kappa shape index (κ3) is 2.18. The summed E-state index contributed by atoms with van der Waals surface area (Å²) in [5.74, 6) is 1.09. The third-order valence-electron chi connectivity index (χ3n) is 4.65. The molecule has 0 saturated heterocycles. The molecule has 10 heteroatoms. The van der Waals surface area contributed by atoms with E-state index in [0.717, 1.165) is 16.9 Å². The third-order valence-corrected chi connectivity index (χ3v) is 5.33. The molecule has 1 aliphatic heterocycles. The average Bonchev–Trinajstić information content (AvgIpc) is 3.48. The molecule has 8 nitrogen and oxygen atoms in total. The number of nitrogens with zero attached hydrogens (tertiary/aromatic N) is 7. The van der Waals surface area contributed by atoms with Crippen LogP contribution in [0.2, 0.25) is 0 Å². The van der Waals surface area contributed by atoms with Crippen molar-refractivity contribution in [2.45, 2.75) is 6.54 Å². The molecule has 5 aromatic rings. The van der Waals surface area contributed by atoms with Gasteiger partial charge in [-0.3, -0.25) is 4.57 Å². The first-order valence-corrected chi connectivity index (χ1v) is 9.33. The molecule has 136 valence electrons. The molecule has 28 heavy (non-hydrogen) atoms. The van der Waals surface area contributed by atoms with E-state index in [2.05, 4.69) is 25.2 Å². The van der Waals surface area contributed by atoms with E-state index in [0.29, 0.717) is 35.3 Å². The van der Waals surface area contributed by atoms with Gasteiger partial charge in [0.15, 0.2) is 5.82 Å². The van der Waals surface area contributed by atoms with Gasteiger partial charge < -0.3 is 4.52 Å². The predicted octanol–water partition coefficient (Wildman–Crippen LogP) is 3.41. The van der Waals surface area contributed by atoms with Gasteiger partial charge in [-0.25, -0.2) is 19.0 Å². The number of halogens is 1. The van der Waals surface area contributed by atoms with Crippen molar-refractivity contribution in [1.29, 1.82) is 0 Å². The minimum absolute atomic E-state index is 0.337. The molecular formula is C18H10FN7OS. The molecule has 5 heterocycles. The van der Waals surface area contributed by atoms with Crippen LogP contribution in [-0.2, 0) is 6.54 Å². The molecular weight excluding hydrogens is 381 g/mol. The van der Waals surface area contributed by atoms with Crippen LogP contribution in [0, 0.1) is 5.82 Å². The molecule has 0 spiro atoms. The minimum Gasteiger partial charge on any atom is -0.334 e. The van der Waals surface area contributed by atoms with Crippen LogP contribution < -0.4 is 0 Å². The second-order valence-electron chi connectivity index (χ2n) is 6.25. The van der Waals surface area contributed by atoms with Gasteiger partial charge in [0.2, 0.25) is 5.82 Å². The first-order chi connectivity index (χ1) is 13.8. The van der Waals surface area contributed by atoms with Gasteiger partial charge >= 0.3 is 0 Å². The maximum atomic E-state index is 13.9. The molecule has 0 bridgehead atoms. The average molecular weight is 391 g/mol. The Morgan fingerprint density at radius 2 is 2.14 bits per heavy atom. The van der Waals surface area contributed by atoms with Gasteiger partial charge in [-0.05, 0) is 29.6 Å². The number of benzene rings is 1. The highest BCUT2D eigenvalue weighted by Gasteiger charge is 2.26. The second kappa shape index (κ2) is 5.67. The first-order valence-electron chi connectivity index (χ1n) is 8.39. The summed E-state index contributed by atoms with van der Waals surface area (Å²) in [7, 11) is 0. The molecule has 0 unspecified atom stereocenters. The van der Waals surface area contributed by atoms with Crippen LogP contribution in [0.25, 0.3) is 40.0 Å². The number of aromatic nitrogens is 7. The number of fused-ring (bicyclic) bond motifs is 5. The molecule has 0 amide bonds. The lowest BCUT2D eigenvalue weighted by Gasteiger charge is -2.08. The van der Waals surface area contributed by atoms with Gasteiger partial charge in [-0.2, -0.15) is 21.4 Å². The highest BCUT2D eigenvalue weighted by atomic mass is 32.1. The van der Waals surface area contributed by atoms with Crippen LogP contribution in [0.15, 0.2) is 52.2 Å².